The summed E-state index contributed by atoms with van der Waals surface area (Å²) in [5.74, 6) is 0.219. The van der Waals surface area contributed by atoms with Gasteiger partial charge in [-0.05, 0) is 30.9 Å². The number of carbonyl (C=O) groups is 1. The van der Waals surface area contributed by atoms with Gasteiger partial charge in [0, 0.05) is 29.6 Å². The molecule has 1 atom stereocenters. The Balaban J connectivity index is 1.48. The van der Waals surface area contributed by atoms with Crippen LogP contribution in [0, 0.1) is 0 Å². The Morgan fingerprint density at radius 1 is 1.32 bits per heavy atom. The van der Waals surface area contributed by atoms with Gasteiger partial charge in [-0.15, -0.1) is 0 Å². The third-order valence-electron chi connectivity index (χ3n) is 4.12. The second kappa shape index (κ2) is 6.12. The van der Waals surface area contributed by atoms with E-state index in [1.54, 1.807) is 0 Å². The fourth-order valence-corrected chi connectivity index (χ4v) is 4.66. The van der Waals surface area contributed by atoms with Crippen LogP contribution in [0.15, 0.2) is 30.5 Å². The molecule has 0 spiro atoms. The van der Waals surface area contributed by atoms with Crippen molar-refractivity contribution in [3.05, 3.63) is 36.0 Å². The first-order valence-corrected chi connectivity index (χ1v) is 9.40. The number of aromatic nitrogens is 1. The Morgan fingerprint density at radius 2 is 2.14 bits per heavy atom. The normalized spacial score (nSPS) is 20.3. The molecule has 3 rings (SSSR count). The summed E-state index contributed by atoms with van der Waals surface area (Å²) in [5, 5.41) is 4.02. The van der Waals surface area contributed by atoms with Gasteiger partial charge < -0.3 is 10.3 Å². The molecule has 0 bridgehead atoms. The van der Waals surface area contributed by atoms with Crippen LogP contribution in [0.3, 0.4) is 0 Å². The van der Waals surface area contributed by atoms with Gasteiger partial charge in [0.15, 0.2) is 9.84 Å². The molecule has 0 aliphatic carbocycles. The number of aryl methyl sites for hydroxylation is 1. The summed E-state index contributed by atoms with van der Waals surface area (Å²) in [6.07, 6.45) is 4.55. The van der Waals surface area contributed by atoms with Crippen LogP contribution in [0.5, 0.6) is 0 Å². The Kier molecular flexibility index (Phi) is 4.20. The Hall–Kier alpha value is -1.82. The van der Waals surface area contributed by atoms with E-state index in [0.29, 0.717) is 12.8 Å². The summed E-state index contributed by atoms with van der Waals surface area (Å²) in [6, 6.07) is 7.90. The van der Waals surface area contributed by atoms with E-state index in [-0.39, 0.29) is 23.5 Å². The number of fused-ring (bicyclic) bond motifs is 1. The predicted octanol–water partition coefficient (Wildman–Crippen LogP) is 1.79. The van der Waals surface area contributed by atoms with Gasteiger partial charge in [0.25, 0.3) is 0 Å². The number of carbonyl (C=O) groups excluding carboxylic acids is 1. The molecular weight excluding hydrogens is 300 g/mol. The van der Waals surface area contributed by atoms with Gasteiger partial charge in [0.2, 0.25) is 5.91 Å². The van der Waals surface area contributed by atoms with Crippen molar-refractivity contribution in [2.24, 2.45) is 0 Å². The topological polar surface area (TPSA) is 79.0 Å². The molecule has 6 heteroatoms. The predicted molar refractivity (Wildman–Crippen MR) is 86.4 cm³/mol. The van der Waals surface area contributed by atoms with Crippen molar-refractivity contribution in [1.82, 2.24) is 10.3 Å². The maximum Gasteiger partial charge on any atom is 0.220 e. The third kappa shape index (κ3) is 3.50. The molecule has 1 aromatic heterocycles. The molecule has 1 saturated heterocycles. The van der Waals surface area contributed by atoms with Crippen LogP contribution in [0.2, 0.25) is 0 Å². The standard InChI is InChI=1S/C16H20N2O3S/c19-16(18-13-8-9-22(20,21)11-13)7-3-4-12-10-17-15-6-2-1-5-14(12)15/h1-2,5-6,10,13,17H,3-4,7-9,11H2,(H,18,19). The van der Waals surface area contributed by atoms with Crippen molar-refractivity contribution in [3.8, 4) is 0 Å². The highest BCUT2D eigenvalue weighted by Crippen LogP contribution is 2.19. The molecular formula is C16H20N2O3S. The monoisotopic (exact) mass is 320 g/mol. The SMILES string of the molecule is O=C(CCCc1c[nH]c2ccccc12)NC1CCS(=O)(=O)C1. The van der Waals surface area contributed by atoms with Gasteiger partial charge >= 0.3 is 0 Å². The molecule has 1 amide bonds. The average molecular weight is 320 g/mol. The minimum absolute atomic E-state index is 0.0538. The molecule has 1 aliphatic rings. The molecule has 2 N–H and O–H groups in total. The van der Waals surface area contributed by atoms with Gasteiger partial charge in [0.05, 0.1) is 11.5 Å². The lowest BCUT2D eigenvalue weighted by Gasteiger charge is -2.10. The smallest absolute Gasteiger partial charge is 0.220 e. The second-order valence-electron chi connectivity index (χ2n) is 5.88. The summed E-state index contributed by atoms with van der Waals surface area (Å²) in [4.78, 5) is 15.1. The molecule has 0 radical (unpaired) electrons. The lowest BCUT2D eigenvalue weighted by molar-refractivity contribution is -0.121. The maximum absolute atomic E-state index is 11.9. The summed E-state index contributed by atoms with van der Waals surface area (Å²) >= 11 is 0. The summed E-state index contributed by atoms with van der Waals surface area (Å²) < 4.78 is 22.7. The highest BCUT2D eigenvalue weighted by molar-refractivity contribution is 7.91. The number of aromatic amines is 1. The highest BCUT2D eigenvalue weighted by atomic mass is 32.2. The van der Waals surface area contributed by atoms with E-state index in [4.69, 9.17) is 0 Å². The van der Waals surface area contributed by atoms with Gasteiger partial charge in [-0.25, -0.2) is 8.42 Å². The van der Waals surface area contributed by atoms with Crippen LogP contribution in [0.4, 0.5) is 0 Å². The summed E-state index contributed by atoms with van der Waals surface area (Å²) in [5.41, 5.74) is 2.32. The van der Waals surface area contributed by atoms with Crippen molar-refractivity contribution < 1.29 is 13.2 Å². The van der Waals surface area contributed by atoms with E-state index in [0.717, 1.165) is 18.4 Å². The molecule has 1 aliphatic heterocycles. The fraction of sp³-hybridized carbons (Fsp3) is 0.438. The molecule has 1 aromatic carbocycles. The molecule has 2 aromatic rings. The molecule has 5 nitrogen and oxygen atoms in total. The first-order valence-electron chi connectivity index (χ1n) is 7.58. The van der Waals surface area contributed by atoms with E-state index in [1.165, 1.54) is 10.9 Å². The van der Waals surface area contributed by atoms with Crippen molar-refractivity contribution in [3.63, 3.8) is 0 Å². The van der Waals surface area contributed by atoms with Crippen LogP contribution in [0.1, 0.15) is 24.8 Å². The number of benzene rings is 1. The Bertz CT molecular complexity index is 780. The van der Waals surface area contributed by atoms with Crippen LogP contribution in [-0.2, 0) is 21.1 Å². The number of sulfone groups is 1. The van der Waals surface area contributed by atoms with Crippen molar-refractivity contribution >= 4 is 26.6 Å². The highest BCUT2D eigenvalue weighted by Gasteiger charge is 2.28. The molecule has 1 unspecified atom stereocenters. The lowest BCUT2D eigenvalue weighted by atomic mass is 10.1. The largest absolute Gasteiger partial charge is 0.361 e. The second-order valence-corrected chi connectivity index (χ2v) is 8.11. The first-order chi connectivity index (χ1) is 10.5. The zero-order valence-electron chi connectivity index (χ0n) is 12.3. The first kappa shape index (κ1) is 15.1. The molecule has 22 heavy (non-hydrogen) atoms. The summed E-state index contributed by atoms with van der Waals surface area (Å²) in [7, 11) is -2.94. The minimum atomic E-state index is -2.94. The molecule has 0 saturated carbocycles. The third-order valence-corrected chi connectivity index (χ3v) is 5.89. The number of para-hydroxylation sites is 1. The van der Waals surface area contributed by atoms with Crippen LogP contribution < -0.4 is 5.32 Å². The minimum Gasteiger partial charge on any atom is -0.361 e. The van der Waals surface area contributed by atoms with Gasteiger partial charge in [-0.1, -0.05) is 18.2 Å². The number of H-pyrrole nitrogens is 1. The number of amides is 1. The Labute approximate surface area is 130 Å². The van der Waals surface area contributed by atoms with Crippen LogP contribution >= 0.6 is 0 Å². The number of hydrogen-bond donors (Lipinski definition) is 2. The van der Waals surface area contributed by atoms with Crippen LogP contribution in [0.25, 0.3) is 10.9 Å². The average Bonchev–Trinajstić information content (AvgIpc) is 3.03. The van der Waals surface area contributed by atoms with Crippen LogP contribution in [-0.4, -0.2) is 36.9 Å². The van der Waals surface area contributed by atoms with Crippen molar-refractivity contribution in [1.29, 1.82) is 0 Å². The lowest BCUT2D eigenvalue weighted by Crippen LogP contribution is -2.35. The quantitative estimate of drug-likeness (QED) is 0.881. The van der Waals surface area contributed by atoms with E-state index in [2.05, 4.69) is 16.4 Å². The van der Waals surface area contributed by atoms with E-state index >= 15 is 0 Å². The van der Waals surface area contributed by atoms with Gasteiger partial charge in [-0.2, -0.15) is 0 Å². The van der Waals surface area contributed by atoms with Crippen molar-refractivity contribution in [2.45, 2.75) is 31.7 Å². The summed E-state index contributed by atoms with van der Waals surface area (Å²) in [6.45, 7) is 0. The van der Waals surface area contributed by atoms with E-state index < -0.39 is 9.84 Å². The molecule has 118 valence electrons. The van der Waals surface area contributed by atoms with Gasteiger partial charge in [-0.3, -0.25) is 4.79 Å². The van der Waals surface area contributed by atoms with E-state index in [9.17, 15) is 13.2 Å². The Morgan fingerprint density at radius 3 is 2.91 bits per heavy atom. The fourth-order valence-electron chi connectivity index (χ4n) is 2.99. The number of rotatable bonds is 5. The van der Waals surface area contributed by atoms with Gasteiger partial charge in [0.1, 0.15) is 0 Å². The molecule has 1 fully saturated rings. The maximum atomic E-state index is 11.9. The zero-order chi connectivity index (χ0) is 15.6. The van der Waals surface area contributed by atoms with E-state index in [1.807, 2.05) is 24.4 Å². The number of nitrogens with one attached hydrogen (secondary N) is 2. The molecule has 2 heterocycles. The zero-order valence-corrected chi connectivity index (χ0v) is 13.2. The number of hydrogen-bond acceptors (Lipinski definition) is 3. The van der Waals surface area contributed by atoms with Crippen molar-refractivity contribution in [2.75, 3.05) is 11.5 Å².